The van der Waals surface area contributed by atoms with Crippen molar-refractivity contribution in [2.24, 2.45) is 0 Å². The van der Waals surface area contributed by atoms with Crippen molar-refractivity contribution in [3.8, 4) is 55.6 Å². The lowest BCUT2D eigenvalue weighted by atomic mass is 9.82. The lowest BCUT2D eigenvalue weighted by Crippen LogP contribution is -2.15. The molecule has 0 unspecified atom stereocenters. The first-order valence-electron chi connectivity index (χ1n) is 18.1. The summed E-state index contributed by atoms with van der Waals surface area (Å²) in [6.07, 6.45) is 0. The van der Waals surface area contributed by atoms with Crippen LogP contribution in [0, 0.1) is 0 Å². The first-order chi connectivity index (χ1) is 25.6. The van der Waals surface area contributed by atoms with Gasteiger partial charge in [-0.3, -0.25) is 0 Å². The van der Waals surface area contributed by atoms with Crippen LogP contribution in [-0.2, 0) is 5.41 Å². The van der Waals surface area contributed by atoms with Crippen LogP contribution in [0.1, 0.15) is 25.0 Å². The summed E-state index contributed by atoms with van der Waals surface area (Å²) in [5.41, 5.74) is 18.3. The minimum atomic E-state index is -0.0599. The van der Waals surface area contributed by atoms with E-state index in [1.807, 2.05) is 0 Å². The average molecular weight is 666 g/mol. The summed E-state index contributed by atoms with van der Waals surface area (Å²) in [4.78, 5) is 2.44. The molecule has 0 saturated carbocycles. The third kappa shape index (κ3) is 5.43. The highest BCUT2D eigenvalue weighted by Crippen LogP contribution is 2.51. The van der Waals surface area contributed by atoms with Crippen LogP contribution in [0.3, 0.4) is 0 Å². The number of hydrogen-bond donors (Lipinski definition) is 0. The fraction of sp³-hybridized carbons (Fsp3) is 0.0588. The van der Waals surface area contributed by atoms with E-state index in [-0.39, 0.29) is 5.41 Å². The van der Waals surface area contributed by atoms with E-state index < -0.39 is 0 Å². The van der Waals surface area contributed by atoms with Crippen LogP contribution < -0.4 is 4.90 Å². The second kappa shape index (κ2) is 13.0. The van der Waals surface area contributed by atoms with Crippen LogP contribution in [-0.4, -0.2) is 0 Å². The first-order valence-corrected chi connectivity index (χ1v) is 18.1. The van der Waals surface area contributed by atoms with Gasteiger partial charge in [-0.1, -0.05) is 184 Å². The number of para-hydroxylation sites is 1. The van der Waals surface area contributed by atoms with Gasteiger partial charge in [0, 0.05) is 22.4 Å². The SMILES string of the molecule is CC1(C)c2ccccc2-c2cc(N(c3ccc(-c4ccccc4)cc3)c3ccccc3-c3ccccc3-c3ccccc3-c3ccccc3)ccc21. The maximum atomic E-state index is 2.44. The Morgan fingerprint density at radius 2 is 0.750 bits per heavy atom. The third-order valence-corrected chi connectivity index (χ3v) is 10.7. The van der Waals surface area contributed by atoms with Crippen LogP contribution in [0.25, 0.3) is 55.6 Å². The Morgan fingerprint density at radius 1 is 0.308 bits per heavy atom. The smallest absolute Gasteiger partial charge is 0.0540 e. The lowest BCUT2D eigenvalue weighted by molar-refractivity contribution is 0.660. The van der Waals surface area contributed by atoms with Gasteiger partial charge >= 0.3 is 0 Å². The Bertz CT molecular complexity index is 2530. The summed E-state index contributed by atoms with van der Waals surface area (Å²) in [5.74, 6) is 0. The molecule has 248 valence electrons. The van der Waals surface area contributed by atoms with Crippen LogP contribution in [0.2, 0.25) is 0 Å². The van der Waals surface area contributed by atoms with E-state index in [0.717, 1.165) is 17.1 Å². The van der Waals surface area contributed by atoms with Crippen molar-refractivity contribution in [3.63, 3.8) is 0 Å². The Morgan fingerprint density at radius 3 is 1.42 bits per heavy atom. The molecule has 0 atom stereocenters. The van der Waals surface area contributed by atoms with E-state index in [9.17, 15) is 0 Å². The van der Waals surface area contributed by atoms with Crippen molar-refractivity contribution < 1.29 is 0 Å². The Balaban J connectivity index is 1.25. The molecule has 52 heavy (non-hydrogen) atoms. The van der Waals surface area contributed by atoms with Gasteiger partial charge in [0.1, 0.15) is 0 Å². The summed E-state index contributed by atoms with van der Waals surface area (Å²) < 4.78 is 0. The molecule has 0 fully saturated rings. The predicted octanol–water partition coefficient (Wildman–Crippen LogP) is 14.1. The molecule has 0 spiro atoms. The largest absolute Gasteiger partial charge is 0.310 e. The Labute approximate surface area is 307 Å². The molecule has 9 rings (SSSR count). The van der Waals surface area contributed by atoms with E-state index >= 15 is 0 Å². The maximum absolute atomic E-state index is 2.44. The zero-order valence-electron chi connectivity index (χ0n) is 29.5. The number of fused-ring (bicyclic) bond motifs is 3. The lowest BCUT2D eigenvalue weighted by Gasteiger charge is -2.29. The van der Waals surface area contributed by atoms with E-state index in [1.165, 1.54) is 66.8 Å². The molecule has 0 aliphatic heterocycles. The molecule has 1 aliphatic rings. The van der Waals surface area contributed by atoms with E-state index in [1.54, 1.807) is 0 Å². The van der Waals surface area contributed by atoms with Gasteiger partial charge in [0.2, 0.25) is 0 Å². The molecule has 0 amide bonds. The normalized spacial score (nSPS) is 12.6. The summed E-state index contributed by atoms with van der Waals surface area (Å²) in [6, 6.07) is 72.8. The van der Waals surface area contributed by atoms with Gasteiger partial charge in [-0.2, -0.15) is 0 Å². The van der Waals surface area contributed by atoms with Crippen molar-refractivity contribution in [1.29, 1.82) is 0 Å². The van der Waals surface area contributed by atoms with Gasteiger partial charge in [0.15, 0.2) is 0 Å². The standard InChI is InChI=1S/C51H39N/c1-51(2)48-27-15-13-25-45(48)47-35-40(33-34-49(47)51)52(39-31-29-37(30-32-39)36-17-5-3-6-18-36)50-28-16-14-26-46(50)44-24-12-11-23-43(44)42-22-10-9-21-41(42)38-19-7-4-8-20-38/h3-35H,1-2H3. The topological polar surface area (TPSA) is 3.24 Å². The molecule has 0 heterocycles. The minimum absolute atomic E-state index is 0.0599. The number of nitrogens with zero attached hydrogens (tertiary/aromatic N) is 1. The van der Waals surface area contributed by atoms with Gasteiger partial charge < -0.3 is 4.90 Å². The van der Waals surface area contributed by atoms with Gasteiger partial charge in [0.05, 0.1) is 5.69 Å². The van der Waals surface area contributed by atoms with Gasteiger partial charge in [-0.25, -0.2) is 0 Å². The van der Waals surface area contributed by atoms with Crippen molar-refractivity contribution in [3.05, 3.63) is 211 Å². The van der Waals surface area contributed by atoms with Crippen LogP contribution in [0.5, 0.6) is 0 Å². The van der Waals surface area contributed by atoms with Gasteiger partial charge in [-0.05, 0) is 91.5 Å². The number of anilines is 3. The van der Waals surface area contributed by atoms with Crippen molar-refractivity contribution in [1.82, 2.24) is 0 Å². The Hall–Kier alpha value is -6.44. The summed E-state index contributed by atoms with van der Waals surface area (Å²) in [6.45, 7) is 4.69. The van der Waals surface area contributed by atoms with Crippen molar-refractivity contribution in [2.75, 3.05) is 4.90 Å². The molecule has 0 bridgehead atoms. The third-order valence-electron chi connectivity index (χ3n) is 10.7. The zero-order chi connectivity index (χ0) is 35.1. The second-order valence-electron chi connectivity index (χ2n) is 14.1. The number of hydrogen-bond acceptors (Lipinski definition) is 1. The fourth-order valence-corrected chi connectivity index (χ4v) is 8.14. The highest BCUT2D eigenvalue weighted by atomic mass is 15.1. The molecule has 1 aliphatic carbocycles. The summed E-state index contributed by atoms with van der Waals surface area (Å²) in [7, 11) is 0. The van der Waals surface area contributed by atoms with Crippen LogP contribution in [0.15, 0.2) is 200 Å². The molecular formula is C51H39N. The number of rotatable bonds is 7. The molecule has 0 aromatic heterocycles. The fourth-order valence-electron chi connectivity index (χ4n) is 8.14. The summed E-state index contributed by atoms with van der Waals surface area (Å²) in [5, 5.41) is 0. The number of benzene rings is 8. The van der Waals surface area contributed by atoms with E-state index in [4.69, 9.17) is 0 Å². The molecule has 0 N–H and O–H groups in total. The van der Waals surface area contributed by atoms with Crippen molar-refractivity contribution >= 4 is 17.1 Å². The highest BCUT2D eigenvalue weighted by Gasteiger charge is 2.35. The van der Waals surface area contributed by atoms with Crippen molar-refractivity contribution in [2.45, 2.75) is 19.3 Å². The molecule has 0 radical (unpaired) electrons. The molecular weight excluding hydrogens is 627 g/mol. The van der Waals surface area contributed by atoms with Crippen LogP contribution >= 0.6 is 0 Å². The maximum Gasteiger partial charge on any atom is 0.0540 e. The monoisotopic (exact) mass is 665 g/mol. The van der Waals surface area contributed by atoms with Crippen LogP contribution in [0.4, 0.5) is 17.1 Å². The van der Waals surface area contributed by atoms with Gasteiger partial charge in [0.25, 0.3) is 0 Å². The first kappa shape index (κ1) is 31.5. The highest BCUT2D eigenvalue weighted by molar-refractivity contribution is 5.98. The molecule has 0 saturated heterocycles. The average Bonchev–Trinajstić information content (AvgIpc) is 3.44. The van der Waals surface area contributed by atoms with E-state index in [0.29, 0.717) is 0 Å². The van der Waals surface area contributed by atoms with E-state index in [2.05, 4.69) is 219 Å². The van der Waals surface area contributed by atoms with Gasteiger partial charge in [-0.15, -0.1) is 0 Å². The Kier molecular flexibility index (Phi) is 7.90. The zero-order valence-corrected chi connectivity index (χ0v) is 29.5. The second-order valence-corrected chi connectivity index (χ2v) is 14.1. The molecule has 8 aromatic rings. The molecule has 1 heteroatoms. The molecule has 1 nitrogen and oxygen atoms in total. The summed E-state index contributed by atoms with van der Waals surface area (Å²) >= 11 is 0. The quantitative estimate of drug-likeness (QED) is 0.164. The minimum Gasteiger partial charge on any atom is -0.310 e. The molecule has 8 aromatic carbocycles. The predicted molar refractivity (Wildman–Crippen MR) is 220 cm³/mol.